The molecule has 0 radical (unpaired) electrons. The number of carbonyl (C=O) groups is 2. The van der Waals surface area contributed by atoms with E-state index in [9.17, 15) is 31.2 Å². The number of nitrogens with one attached hydrogen (secondary N) is 4. The fraction of sp³-hybridized carbons (Fsp3) is 0.103. The molecule has 0 aliphatic rings. The van der Waals surface area contributed by atoms with Crippen molar-refractivity contribution in [3.63, 3.8) is 0 Å². The third-order valence-electron chi connectivity index (χ3n) is 6.32. The summed E-state index contributed by atoms with van der Waals surface area (Å²) in [6.45, 7) is 1.73. The maximum atomic E-state index is 13.3. The van der Waals surface area contributed by atoms with E-state index in [1.54, 1.807) is 49.4 Å². The van der Waals surface area contributed by atoms with Crippen molar-refractivity contribution in [2.45, 2.75) is 13.1 Å². The highest BCUT2D eigenvalue weighted by Crippen LogP contribution is 2.30. The normalized spacial score (nSPS) is 11.7. The Balaban J connectivity index is 1.34. The lowest BCUT2D eigenvalue weighted by molar-refractivity contribution is -0.137. The lowest BCUT2D eigenvalue weighted by atomic mass is 10.1. The minimum absolute atomic E-state index is 0.174. The number of rotatable bonds is 7. The summed E-state index contributed by atoms with van der Waals surface area (Å²) in [7, 11) is -3.47. The molecule has 226 valence electrons. The number of hydrogen-bond acceptors (Lipinski definition) is 7. The summed E-state index contributed by atoms with van der Waals surface area (Å²) in [6, 6.07) is 16.4. The van der Waals surface area contributed by atoms with Gasteiger partial charge in [0.15, 0.2) is 5.65 Å². The Labute approximate surface area is 249 Å². The molecule has 11 nitrogen and oxygen atoms in total. The molecule has 0 atom stereocenters. The van der Waals surface area contributed by atoms with E-state index in [1.165, 1.54) is 29.2 Å². The number of hydrogen-bond donors (Lipinski definition) is 4. The molecule has 0 spiro atoms. The number of amides is 2. The van der Waals surface area contributed by atoms with Crippen LogP contribution in [0.3, 0.4) is 0 Å². The van der Waals surface area contributed by atoms with E-state index in [4.69, 9.17) is 0 Å². The summed E-state index contributed by atoms with van der Waals surface area (Å²) < 4.78 is 66.0. The van der Waals surface area contributed by atoms with Gasteiger partial charge in [-0.15, -0.1) is 0 Å². The zero-order valence-electron chi connectivity index (χ0n) is 23.1. The molecule has 2 heterocycles. The Morgan fingerprint density at radius 1 is 0.864 bits per heavy atom. The smallest absolute Gasteiger partial charge is 0.340 e. The minimum atomic E-state index is -4.59. The van der Waals surface area contributed by atoms with Crippen molar-refractivity contribution < 1.29 is 31.2 Å². The first-order valence-electron chi connectivity index (χ1n) is 12.8. The fourth-order valence-corrected chi connectivity index (χ4v) is 4.83. The molecule has 0 aliphatic heterocycles. The first-order chi connectivity index (χ1) is 20.8. The lowest BCUT2D eigenvalue weighted by Crippen LogP contribution is -2.20. The summed E-state index contributed by atoms with van der Waals surface area (Å²) in [5.41, 5.74) is 1.31. The Kier molecular flexibility index (Phi) is 7.97. The molecule has 0 saturated heterocycles. The second-order valence-electron chi connectivity index (χ2n) is 9.72. The maximum Gasteiger partial charge on any atom is 0.416 e. The number of alkyl halides is 3. The van der Waals surface area contributed by atoms with Crippen LogP contribution in [0, 0.1) is 6.92 Å². The zero-order chi connectivity index (χ0) is 31.6. The van der Waals surface area contributed by atoms with Crippen LogP contribution in [0.2, 0.25) is 0 Å². The Morgan fingerprint density at radius 3 is 2.36 bits per heavy atom. The average Bonchev–Trinajstić information content (AvgIpc) is 3.39. The van der Waals surface area contributed by atoms with Gasteiger partial charge in [0.05, 0.1) is 22.9 Å². The van der Waals surface area contributed by atoms with Crippen LogP contribution in [0.5, 0.6) is 0 Å². The van der Waals surface area contributed by atoms with Gasteiger partial charge in [-0.3, -0.25) is 14.1 Å². The van der Waals surface area contributed by atoms with Crippen LogP contribution in [0.15, 0.2) is 85.3 Å². The predicted molar refractivity (Wildman–Crippen MR) is 161 cm³/mol. The van der Waals surface area contributed by atoms with Crippen molar-refractivity contribution in [1.82, 2.24) is 14.5 Å². The predicted octanol–water partition coefficient (Wildman–Crippen LogP) is 6.21. The van der Waals surface area contributed by atoms with Gasteiger partial charge in [-0.25, -0.2) is 23.2 Å². The van der Waals surface area contributed by atoms with Gasteiger partial charge in [0.2, 0.25) is 10.0 Å². The van der Waals surface area contributed by atoms with Gasteiger partial charge in [0, 0.05) is 28.8 Å². The lowest BCUT2D eigenvalue weighted by Gasteiger charge is -2.13. The first-order valence-corrected chi connectivity index (χ1v) is 14.7. The Hall–Kier alpha value is -5.44. The van der Waals surface area contributed by atoms with Crippen molar-refractivity contribution in [2.75, 3.05) is 26.9 Å². The molecule has 15 heteroatoms. The van der Waals surface area contributed by atoms with E-state index >= 15 is 0 Å². The molecule has 4 N–H and O–H groups in total. The second-order valence-corrected chi connectivity index (χ2v) is 11.5. The number of aromatic nitrogens is 3. The molecule has 0 bridgehead atoms. The second kappa shape index (κ2) is 11.7. The number of benzene rings is 3. The molecule has 5 rings (SSSR count). The van der Waals surface area contributed by atoms with Crippen LogP contribution < -0.4 is 20.7 Å². The molecule has 0 fully saturated rings. The van der Waals surface area contributed by atoms with E-state index in [2.05, 4.69) is 30.6 Å². The highest BCUT2D eigenvalue weighted by atomic mass is 32.2. The first kappa shape index (κ1) is 30.0. The highest BCUT2D eigenvalue weighted by Gasteiger charge is 2.31. The van der Waals surface area contributed by atoms with Crippen molar-refractivity contribution in [1.29, 1.82) is 0 Å². The van der Waals surface area contributed by atoms with E-state index in [-0.39, 0.29) is 16.9 Å². The summed E-state index contributed by atoms with van der Waals surface area (Å²) in [5.74, 6) is -0.378. The Morgan fingerprint density at radius 2 is 1.61 bits per heavy atom. The van der Waals surface area contributed by atoms with Crippen LogP contribution in [-0.2, 0) is 16.2 Å². The van der Waals surface area contributed by atoms with Gasteiger partial charge in [0.25, 0.3) is 5.91 Å². The summed E-state index contributed by atoms with van der Waals surface area (Å²) >= 11 is 0. The summed E-state index contributed by atoms with van der Waals surface area (Å²) in [4.78, 5) is 34.4. The number of sulfonamides is 1. The van der Waals surface area contributed by atoms with Crippen molar-refractivity contribution >= 4 is 61.6 Å². The highest BCUT2D eigenvalue weighted by molar-refractivity contribution is 7.92. The molecule has 2 aromatic heterocycles. The molecule has 3 aromatic carbocycles. The number of carbonyl (C=O) groups excluding carboxylic acids is 2. The van der Waals surface area contributed by atoms with Crippen molar-refractivity contribution in [3.8, 4) is 0 Å². The molecule has 44 heavy (non-hydrogen) atoms. The van der Waals surface area contributed by atoms with E-state index < -0.39 is 33.7 Å². The monoisotopic (exact) mass is 623 g/mol. The van der Waals surface area contributed by atoms with Crippen molar-refractivity contribution in [2.24, 2.45) is 0 Å². The van der Waals surface area contributed by atoms with Crippen LogP contribution >= 0.6 is 0 Å². The Bertz CT molecular complexity index is 2010. The molecule has 5 aromatic rings. The van der Waals surface area contributed by atoms with E-state index in [0.717, 1.165) is 24.5 Å². The van der Waals surface area contributed by atoms with Crippen LogP contribution in [0.4, 0.5) is 46.5 Å². The summed E-state index contributed by atoms with van der Waals surface area (Å²) in [6.07, 6.45) is -0.785. The molecule has 0 saturated carbocycles. The van der Waals surface area contributed by atoms with Crippen LogP contribution in [-0.4, -0.2) is 41.1 Å². The number of aryl methyl sites for hydroxylation is 1. The minimum Gasteiger partial charge on any atom is -0.340 e. The average molecular weight is 624 g/mol. The van der Waals surface area contributed by atoms with E-state index in [1.807, 2.05) is 0 Å². The quantitative estimate of drug-likeness (QED) is 0.169. The van der Waals surface area contributed by atoms with Gasteiger partial charge in [-0.05, 0) is 67.1 Å². The third kappa shape index (κ3) is 6.95. The fourth-order valence-electron chi connectivity index (χ4n) is 4.28. The van der Waals surface area contributed by atoms with Crippen LogP contribution in [0.1, 0.15) is 21.5 Å². The van der Waals surface area contributed by atoms with Gasteiger partial charge in [-0.2, -0.15) is 13.2 Å². The molecular weight excluding hydrogens is 599 g/mol. The number of nitrogens with zero attached hydrogens (tertiary/aromatic N) is 3. The topological polar surface area (TPSA) is 147 Å². The zero-order valence-corrected chi connectivity index (χ0v) is 23.9. The van der Waals surface area contributed by atoms with Gasteiger partial charge in [0.1, 0.15) is 12.1 Å². The standard InChI is InChI=1S/C29H24F3N7O4S/c1-17-9-10-21(36-27(40)18-5-3-6-19(13-18)29(30,31)32)15-24(17)37-28(41)39-12-11-23-25(33-16-34-26(23)39)35-20-7-4-8-22(14-20)38-44(2,42)43/h3-16,38H,1-2H3,(H,36,40)(H,37,41)(H,33,34,35). The largest absolute Gasteiger partial charge is 0.416 e. The third-order valence-corrected chi connectivity index (χ3v) is 6.92. The molecule has 0 aliphatic carbocycles. The molecule has 0 unspecified atom stereocenters. The maximum absolute atomic E-state index is 13.3. The van der Waals surface area contributed by atoms with Crippen molar-refractivity contribution in [3.05, 3.63) is 102 Å². The molecular formula is C29H24F3N7O4S. The number of halogens is 3. The van der Waals surface area contributed by atoms with Gasteiger partial charge < -0.3 is 16.0 Å². The number of anilines is 5. The SMILES string of the molecule is Cc1ccc(NC(=O)c2cccc(C(F)(F)F)c2)cc1NC(=O)n1ccc2c(Nc3cccc(NS(C)(=O)=O)c3)ncnc21. The molecule has 2 amide bonds. The van der Waals surface area contributed by atoms with Gasteiger partial charge >= 0.3 is 12.2 Å². The summed E-state index contributed by atoms with van der Waals surface area (Å²) in [5, 5.41) is 8.93. The number of fused-ring (bicyclic) bond motifs is 1. The van der Waals surface area contributed by atoms with E-state index in [0.29, 0.717) is 33.8 Å². The van der Waals surface area contributed by atoms with Crippen LogP contribution in [0.25, 0.3) is 11.0 Å². The van der Waals surface area contributed by atoms with Gasteiger partial charge in [-0.1, -0.05) is 18.2 Å².